The second-order valence-corrected chi connectivity index (χ2v) is 4.88. The Morgan fingerprint density at radius 1 is 1.38 bits per heavy atom. The smallest absolute Gasteiger partial charge is 0.328 e. The predicted octanol–water partition coefficient (Wildman–Crippen LogP) is 0.471. The minimum Gasteiger partial charge on any atom is -0.478 e. The fourth-order valence-electron chi connectivity index (χ4n) is 2.23. The van der Waals surface area contributed by atoms with E-state index in [0.29, 0.717) is 26.3 Å². The maximum absolute atomic E-state index is 11.4. The summed E-state index contributed by atoms with van der Waals surface area (Å²) in [5.74, 6) is -1.35. The topological polar surface area (TPSA) is 92.9 Å². The Balaban J connectivity index is 2.02. The highest BCUT2D eigenvalue weighted by molar-refractivity contribution is 5.85. The molecular weight excluding hydrogens is 272 g/mol. The van der Waals surface area contributed by atoms with E-state index in [2.05, 4.69) is 0 Å². The van der Waals surface area contributed by atoms with Crippen molar-refractivity contribution in [3.63, 3.8) is 0 Å². The lowest BCUT2D eigenvalue weighted by Gasteiger charge is -2.33. The Morgan fingerprint density at radius 3 is 2.71 bits per heavy atom. The van der Waals surface area contributed by atoms with E-state index >= 15 is 0 Å². The van der Waals surface area contributed by atoms with E-state index in [1.165, 1.54) is 6.08 Å². The number of carbonyl (C=O) groups excluding carboxylic acids is 1. The fourth-order valence-corrected chi connectivity index (χ4v) is 2.23. The number of nitrogens with zero attached hydrogens (tertiary/aromatic N) is 1. The zero-order valence-corrected chi connectivity index (χ0v) is 11.6. The van der Waals surface area contributed by atoms with E-state index in [1.54, 1.807) is 0 Å². The molecule has 0 aliphatic carbocycles. The molecule has 1 fully saturated rings. The van der Waals surface area contributed by atoms with E-state index < -0.39 is 12.0 Å². The van der Waals surface area contributed by atoms with Crippen LogP contribution in [0.3, 0.4) is 0 Å². The Bertz CT molecular complexity index is 539. The number of carbonyl (C=O) groups is 2. The van der Waals surface area contributed by atoms with E-state index in [0.717, 1.165) is 17.2 Å². The zero-order valence-electron chi connectivity index (χ0n) is 11.6. The summed E-state index contributed by atoms with van der Waals surface area (Å²) in [6.07, 6.45) is 2.63. The zero-order chi connectivity index (χ0) is 15.2. The van der Waals surface area contributed by atoms with Crippen molar-refractivity contribution >= 4 is 18.0 Å². The molecule has 1 amide bonds. The monoisotopic (exact) mass is 290 g/mol. The summed E-state index contributed by atoms with van der Waals surface area (Å²) >= 11 is 0. The Kier molecular flexibility index (Phi) is 5.08. The normalized spacial score (nSPS) is 19.7. The number of amides is 1. The van der Waals surface area contributed by atoms with Crippen molar-refractivity contribution in [1.82, 2.24) is 4.90 Å². The van der Waals surface area contributed by atoms with Gasteiger partial charge in [-0.2, -0.15) is 0 Å². The number of benzene rings is 1. The quantitative estimate of drug-likeness (QED) is 0.769. The molecule has 1 atom stereocenters. The molecule has 112 valence electrons. The number of hydrogen-bond acceptors (Lipinski definition) is 4. The molecule has 0 spiro atoms. The predicted molar refractivity (Wildman–Crippen MR) is 77.3 cm³/mol. The summed E-state index contributed by atoms with van der Waals surface area (Å²) in [7, 11) is 0. The van der Waals surface area contributed by atoms with Crippen molar-refractivity contribution in [1.29, 1.82) is 0 Å². The highest BCUT2D eigenvalue weighted by Crippen LogP contribution is 2.13. The van der Waals surface area contributed by atoms with Crippen LogP contribution in [0.5, 0.6) is 0 Å². The molecule has 6 heteroatoms. The van der Waals surface area contributed by atoms with Crippen LogP contribution in [-0.2, 0) is 20.9 Å². The van der Waals surface area contributed by atoms with Crippen molar-refractivity contribution in [2.24, 2.45) is 5.73 Å². The van der Waals surface area contributed by atoms with Gasteiger partial charge in [0.15, 0.2) is 0 Å². The molecule has 6 nitrogen and oxygen atoms in total. The molecule has 3 N–H and O–H groups in total. The third-order valence-corrected chi connectivity index (χ3v) is 3.35. The van der Waals surface area contributed by atoms with Gasteiger partial charge in [0.05, 0.1) is 13.2 Å². The first-order valence-corrected chi connectivity index (χ1v) is 6.67. The Morgan fingerprint density at radius 2 is 2.10 bits per heavy atom. The summed E-state index contributed by atoms with van der Waals surface area (Å²) < 4.78 is 5.28. The van der Waals surface area contributed by atoms with Gasteiger partial charge in [0.25, 0.3) is 0 Å². The molecule has 1 aliphatic rings. The van der Waals surface area contributed by atoms with Crippen LogP contribution in [0.1, 0.15) is 11.1 Å². The van der Waals surface area contributed by atoms with Crippen molar-refractivity contribution in [2.45, 2.75) is 12.6 Å². The third-order valence-electron chi connectivity index (χ3n) is 3.35. The summed E-state index contributed by atoms with van der Waals surface area (Å²) in [6, 6.07) is 7.11. The molecule has 1 aliphatic heterocycles. The van der Waals surface area contributed by atoms with Gasteiger partial charge >= 0.3 is 5.97 Å². The lowest BCUT2D eigenvalue weighted by atomic mass is 10.1. The Hall–Kier alpha value is -2.18. The van der Waals surface area contributed by atoms with Gasteiger partial charge in [0.1, 0.15) is 6.04 Å². The van der Waals surface area contributed by atoms with E-state index in [4.69, 9.17) is 15.6 Å². The summed E-state index contributed by atoms with van der Waals surface area (Å²) in [5.41, 5.74) is 7.23. The van der Waals surface area contributed by atoms with Gasteiger partial charge < -0.3 is 15.6 Å². The molecule has 1 heterocycles. The standard InChI is InChI=1S/C15H18N2O4/c16-15(20)13-10-21-8-7-17(13)9-12-3-1-11(2-4-12)5-6-14(18)19/h1-6,13H,7-10H2,(H2,16,20)(H,18,19)/b6-5+. The van der Waals surface area contributed by atoms with Gasteiger partial charge in [-0.05, 0) is 17.2 Å². The van der Waals surface area contributed by atoms with Crippen LogP contribution in [0.2, 0.25) is 0 Å². The van der Waals surface area contributed by atoms with Gasteiger partial charge in [0.2, 0.25) is 5.91 Å². The first kappa shape index (κ1) is 15.2. The van der Waals surface area contributed by atoms with Crippen molar-refractivity contribution in [3.8, 4) is 0 Å². The summed E-state index contributed by atoms with van der Waals surface area (Å²) in [4.78, 5) is 23.8. The number of carboxylic acids is 1. The van der Waals surface area contributed by atoms with Gasteiger partial charge in [-0.1, -0.05) is 24.3 Å². The van der Waals surface area contributed by atoms with Crippen LogP contribution >= 0.6 is 0 Å². The van der Waals surface area contributed by atoms with E-state index in [1.807, 2.05) is 29.2 Å². The lowest BCUT2D eigenvalue weighted by molar-refractivity contribution is -0.131. The van der Waals surface area contributed by atoms with Crippen LogP contribution in [0.4, 0.5) is 0 Å². The summed E-state index contributed by atoms with van der Waals surface area (Å²) in [5, 5.41) is 8.58. The molecular formula is C15H18N2O4. The molecule has 1 unspecified atom stereocenters. The number of aliphatic carboxylic acids is 1. The average Bonchev–Trinajstić information content (AvgIpc) is 2.47. The molecule has 0 saturated carbocycles. The fraction of sp³-hybridized carbons (Fsp3) is 0.333. The minimum atomic E-state index is -0.975. The number of nitrogens with two attached hydrogens (primary N) is 1. The third kappa shape index (κ3) is 4.40. The second kappa shape index (κ2) is 7.01. The van der Waals surface area contributed by atoms with Crippen LogP contribution in [0.25, 0.3) is 6.08 Å². The molecule has 0 aromatic heterocycles. The number of rotatable bonds is 5. The lowest BCUT2D eigenvalue weighted by Crippen LogP contribution is -2.51. The largest absolute Gasteiger partial charge is 0.478 e. The van der Waals surface area contributed by atoms with Crippen molar-refractivity contribution in [2.75, 3.05) is 19.8 Å². The number of hydrogen-bond donors (Lipinski definition) is 2. The average molecular weight is 290 g/mol. The van der Waals surface area contributed by atoms with Crippen LogP contribution < -0.4 is 5.73 Å². The van der Waals surface area contributed by atoms with E-state index in [-0.39, 0.29) is 5.91 Å². The molecule has 0 radical (unpaired) electrons. The SMILES string of the molecule is NC(=O)C1COCCN1Cc1ccc(/C=C/C(=O)O)cc1. The number of ether oxygens (including phenoxy) is 1. The molecule has 0 bridgehead atoms. The molecule has 1 aromatic rings. The maximum atomic E-state index is 11.4. The molecule has 1 aromatic carbocycles. The second-order valence-electron chi connectivity index (χ2n) is 4.88. The molecule has 21 heavy (non-hydrogen) atoms. The summed E-state index contributed by atoms with van der Waals surface area (Å²) in [6.45, 7) is 2.19. The number of primary amides is 1. The van der Waals surface area contributed by atoms with Gasteiger partial charge in [-0.25, -0.2) is 4.79 Å². The van der Waals surface area contributed by atoms with Crippen LogP contribution in [0, 0.1) is 0 Å². The minimum absolute atomic E-state index is 0.328. The van der Waals surface area contributed by atoms with Crippen molar-refractivity contribution < 1.29 is 19.4 Å². The highest BCUT2D eigenvalue weighted by Gasteiger charge is 2.27. The van der Waals surface area contributed by atoms with Gasteiger partial charge in [0, 0.05) is 19.2 Å². The molecule has 2 rings (SSSR count). The first-order chi connectivity index (χ1) is 10.1. The molecule has 1 saturated heterocycles. The van der Waals surface area contributed by atoms with Gasteiger partial charge in [-0.3, -0.25) is 9.69 Å². The highest BCUT2D eigenvalue weighted by atomic mass is 16.5. The van der Waals surface area contributed by atoms with E-state index in [9.17, 15) is 9.59 Å². The van der Waals surface area contributed by atoms with Crippen LogP contribution in [0.15, 0.2) is 30.3 Å². The van der Waals surface area contributed by atoms with Gasteiger partial charge in [-0.15, -0.1) is 0 Å². The number of morpholine rings is 1. The first-order valence-electron chi connectivity index (χ1n) is 6.67. The number of carboxylic acid groups (broad SMARTS) is 1. The van der Waals surface area contributed by atoms with Crippen molar-refractivity contribution in [3.05, 3.63) is 41.5 Å². The van der Waals surface area contributed by atoms with Crippen LogP contribution in [-0.4, -0.2) is 47.7 Å². The maximum Gasteiger partial charge on any atom is 0.328 e. The Labute approximate surface area is 122 Å².